The molecule has 0 fully saturated rings. The minimum atomic E-state index is 0.447. The molecule has 2 nitrogen and oxygen atoms in total. The van der Waals surface area contributed by atoms with Gasteiger partial charge in [0.05, 0.1) is 12.5 Å². The van der Waals surface area contributed by atoms with E-state index in [4.69, 9.17) is 16.0 Å². The van der Waals surface area contributed by atoms with Gasteiger partial charge in [0.15, 0.2) is 0 Å². The molecule has 1 N–H and O–H groups in total. The summed E-state index contributed by atoms with van der Waals surface area (Å²) in [6.07, 6.45) is 4.53. The lowest BCUT2D eigenvalue weighted by Gasteiger charge is -2.16. The van der Waals surface area contributed by atoms with Crippen LogP contribution < -0.4 is 5.32 Å². The highest BCUT2D eigenvalue weighted by molar-refractivity contribution is 7.99. The Kier molecular flexibility index (Phi) is 5.83. The summed E-state index contributed by atoms with van der Waals surface area (Å²) in [5.74, 6) is 1.03. The summed E-state index contributed by atoms with van der Waals surface area (Å²) in [6.45, 7) is 3.11. The first-order valence-electron chi connectivity index (χ1n) is 6.40. The lowest BCUT2D eigenvalue weighted by Crippen LogP contribution is -2.33. The highest BCUT2D eigenvalue weighted by Crippen LogP contribution is 2.22. The van der Waals surface area contributed by atoms with Crippen molar-refractivity contribution in [1.82, 2.24) is 5.32 Å². The van der Waals surface area contributed by atoms with E-state index < -0.39 is 0 Å². The number of furan rings is 1. The average molecular weight is 296 g/mol. The Morgan fingerprint density at radius 3 is 2.68 bits per heavy atom. The van der Waals surface area contributed by atoms with Gasteiger partial charge in [-0.25, -0.2) is 0 Å². The smallest absolute Gasteiger partial charge is 0.0935 e. The fraction of sp³-hybridized carbons (Fsp3) is 0.333. The molecule has 102 valence electrons. The van der Waals surface area contributed by atoms with Crippen molar-refractivity contribution in [3.05, 3.63) is 53.4 Å². The van der Waals surface area contributed by atoms with E-state index in [0.29, 0.717) is 6.04 Å². The van der Waals surface area contributed by atoms with Crippen LogP contribution in [0.25, 0.3) is 0 Å². The molecule has 0 amide bonds. The van der Waals surface area contributed by atoms with E-state index in [0.717, 1.165) is 23.7 Å². The second kappa shape index (κ2) is 7.63. The van der Waals surface area contributed by atoms with Gasteiger partial charge in [-0.05, 0) is 48.9 Å². The van der Waals surface area contributed by atoms with Crippen molar-refractivity contribution in [3.63, 3.8) is 0 Å². The van der Waals surface area contributed by atoms with E-state index in [9.17, 15) is 0 Å². The molecule has 1 aromatic carbocycles. The summed E-state index contributed by atoms with van der Waals surface area (Å²) in [7, 11) is 0. The van der Waals surface area contributed by atoms with Gasteiger partial charge in [0.2, 0.25) is 0 Å². The fourth-order valence-electron chi connectivity index (χ4n) is 1.90. The van der Waals surface area contributed by atoms with Crippen LogP contribution in [-0.4, -0.2) is 18.3 Å². The maximum Gasteiger partial charge on any atom is 0.0935 e. The number of halogens is 1. The molecule has 0 aliphatic heterocycles. The maximum absolute atomic E-state index is 5.89. The molecule has 0 radical (unpaired) electrons. The van der Waals surface area contributed by atoms with Gasteiger partial charge in [-0.15, -0.1) is 11.8 Å². The third-order valence-electron chi connectivity index (χ3n) is 2.82. The predicted octanol–water partition coefficient (Wildman–Crippen LogP) is 4.25. The second-order valence-electron chi connectivity index (χ2n) is 4.36. The number of likely N-dealkylation sites (N-methyl/N-ethyl adjacent to an activating group) is 1. The molecule has 0 saturated carbocycles. The van der Waals surface area contributed by atoms with E-state index in [-0.39, 0.29) is 0 Å². The Morgan fingerprint density at radius 1 is 1.26 bits per heavy atom. The summed E-state index contributed by atoms with van der Waals surface area (Å²) in [4.78, 5) is 1.25. The minimum absolute atomic E-state index is 0.447. The van der Waals surface area contributed by atoms with Crippen LogP contribution in [0.15, 0.2) is 52.2 Å². The van der Waals surface area contributed by atoms with Crippen LogP contribution in [-0.2, 0) is 6.42 Å². The first kappa shape index (κ1) is 14.5. The van der Waals surface area contributed by atoms with Gasteiger partial charge in [0.1, 0.15) is 0 Å². The summed E-state index contributed by atoms with van der Waals surface area (Å²) >= 11 is 7.73. The van der Waals surface area contributed by atoms with Crippen molar-refractivity contribution in [1.29, 1.82) is 0 Å². The zero-order valence-corrected chi connectivity index (χ0v) is 12.5. The number of hydrogen-bond acceptors (Lipinski definition) is 3. The van der Waals surface area contributed by atoms with Crippen LogP contribution in [0, 0.1) is 0 Å². The Morgan fingerprint density at radius 2 is 2.05 bits per heavy atom. The molecule has 0 aliphatic carbocycles. The van der Waals surface area contributed by atoms with Crippen molar-refractivity contribution in [3.8, 4) is 0 Å². The Hall–Kier alpha value is -0.900. The molecule has 19 heavy (non-hydrogen) atoms. The molecule has 1 heterocycles. The van der Waals surface area contributed by atoms with E-state index in [1.165, 1.54) is 10.5 Å². The highest BCUT2D eigenvalue weighted by Gasteiger charge is 2.10. The van der Waals surface area contributed by atoms with E-state index >= 15 is 0 Å². The van der Waals surface area contributed by atoms with Gasteiger partial charge in [-0.1, -0.05) is 18.5 Å². The topological polar surface area (TPSA) is 25.2 Å². The Bertz CT molecular complexity index is 469. The van der Waals surface area contributed by atoms with Crippen LogP contribution in [0.3, 0.4) is 0 Å². The third kappa shape index (κ3) is 4.94. The standard InChI is InChI=1S/C15H18ClNOS/c1-2-17-14(9-12-7-8-18-10-12)11-19-15-5-3-13(16)4-6-15/h3-8,10,14,17H,2,9,11H2,1H3. The molecular weight excluding hydrogens is 278 g/mol. The maximum atomic E-state index is 5.89. The third-order valence-corrected chi connectivity index (χ3v) is 4.25. The first-order chi connectivity index (χ1) is 9.28. The molecule has 0 spiro atoms. The lowest BCUT2D eigenvalue weighted by atomic mass is 10.1. The van der Waals surface area contributed by atoms with Gasteiger partial charge in [-0.2, -0.15) is 0 Å². The van der Waals surface area contributed by atoms with E-state index in [1.54, 1.807) is 6.26 Å². The van der Waals surface area contributed by atoms with Crippen LogP contribution in [0.4, 0.5) is 0 Å². The quantitative estimate of drug-likeness (QED) is 0.773. The highest BCUT2D eigenvalue weighted by atomic mass is 35.5. The van der Waals surface area contributed by atoms with Gasteiger partial charge in [-0.3, -0.25) is 0 Å². The molecule has 1 atom stereocenters. The molecule has 2 rings (SSSR count). The van der Waals surface area contributed by atoms with Gasteiger partial charge in [0.25, 0.3) is 0 Å². The molecule has 4 heteroatoms. The Balaban J connectivity index is 1.87. The van der Waals surface area contributed by atoms with Gasteiger partial charge in [0, 0.05) is 21.7 Å². The largest absolute Gasteiger partial charge is 0.472 e. The van der Waals surface area contributed by atoms with Gasteiger partial charge >= 0.3 is 0 Å². The number of rotatable bonds is 7. The van der Waals surface area contributed by atoms with E-state index in [2.05, 4.69) is 24.4 Å². The van der Waals surface area contributed by atoms with E-state index in [1.807, 2.05) is 36.2 Å². The minimum Gasteiger partial charge on any atom is -0.472 e. The first-order valence-corrected chi connectivity index (χ1v) is 7.77. The van der Waals surface area contributed by atoms with Crippen LogP contribution in [0.1, 0.15) is 12.5 Å². The lowest BCUT2D eigenvalue weighted by molar-refractivity contribution is 0.547. The second-order valence-corrected chi connectivity index (χ2v) is 5.89. The number of nitrogens with one attached hydrogen (secondary N) is 1. The number of thioether (sulfide) groups is 1. The van der Waals surface area contributed by atoms with Crippen molar-refractivity contribution in [2.75, 3.05) is 12.3 Å². The molecular formula is C15H18ClNOS. The average Bonchev–Trinajstić information content (AvgIpc) is 2.91. The molecule has 1 aromatic heterocycles. The molecule has 0 aliphatic rings. The summed E-state index contributed by atoms with van der Waals surface area (Å²) in [5, 5.41) is 4.30. The van der Waals surface area contributed by atoms with Crippen LogP contribution in [0.2, 0.25) is 5.02 Å². The van der Waals surface area contributed by atoms with Crippen LogP contribution in [0.5, 0.6) is 0 Å². The fourth-order valence-corrected chi connectivity index (χ4v) is 2.98. The Labute approximate surface area is 123 Å². The zero-order valence-electron chi connectivity index (χ0n) is 10.9. The van der Waals surface area contributed by atoms with Crippen molar-refractivity contribution in [2.24, 2.45) is 0 Å². The molecule has 1 unspecified atom stereocenters. The summed E-state index contributed by atoms with van der Waals surface area (Å²) < 4.78 is 5.12. The zero-order chi connectivity index (χ0) is 13.5. The van der Waals surface area contributed by atoms with Crippen molar-refractivity contribution >= 4 is 23.4 Å². The van der Waals surface area contributed by atoms with Crippen molar-refractivity contribution in [2.45, 2.75) is 24.3 Å². The monoisotopic (exact) mass is 295 g/mol. The normalized spacial score (nSPS) is 12.5. The number of benzene rings is 1. The van der Waals surface area contributed by atoms with Crippen LogP contribution >= 0.6 is 23.4 Å². The molecule has 0 bridgehead atoms. The summed E-state index contributed by atoms with van der Waals surface area (Å²) in [6, 6.07) is 10.5. The van der Waals surface area contributed by atoms with Crippen molar-refractivity contribution < 1.29 is 4.42 Å². The number of hydrogen-bond donors (Lipinski definition) is 1. The predicted molar refractivity (Wildman–Crippen MR) is 82.1 cm³/mol. The summed E-state index contributed by atoms with van der Waals surface area (Å²) in [5.41, 5.74) is 1.24. The molecule has 0 saturated heterocycles. The molecule has 2 aromatic rings. The van der Waals surface area contributed by atoms with Gasteiger partial charge < -0.3 is 9.73 Å². The SMILES string of the molecule is CCNC(CSc1ccc(Cl)cc1)Cc1ccoc1.